The first-order chi connectivity index (χ1) is 12.8. The van der Waals surface area contributed by atoms with Crippen molar-refractivity contribution in [2.75, 3.05) is 38.2 Å². The number of nitrogens with zero attached hydrogens (tertiary/aromatic N) is 1. The highest BCUT2D eigenvalue weighted by Gasteiger charge is 2.45. The molecule has 1 aromatic rings. The van der Waals surface area contributed by atoms with Gasteiger partial charge in [-0.25, -0.2) is 8.42 Å². The van der Waals surface area contributed by atoms with Crippen LogP contribution in [0.4, 0.5) is 0 Å². The van der Waals surface area contributed by atoms with Gasteiger partial charge in [-0.3, -0.25) is 4.99 Å². The van der Waals surface area contributed by atoms with E-state index >= 15 is 0 Å². The van der Waals surface area contributed by atoms with Crippen LogP contribution in [0.25, 0.3) is 0 Å². The molecule has 2 N–H and O–H groups in total. The van der Waals surface area contributed by atoms with Crippen molar-refractivity contribution >= 4 is 39.8 Å². The van der Waals surface area contributed by atoms with E-state index in [1.54, 1.807) is 0 Å². The molecule has 8 heteroatoms. The van der Waals surface area contributed by atoms with Crippen molar-refractivity contribution in [3.63, 3.8) is 0 Å². The minimum atomic E-state index is -2.97. The van der Waals surface area contributed by atoms with Crippen LogP contribution in [0.3, 0.4) is 0 Å². The van der Waals surface area contributed by atoms with Gasteiger partial charge in [0.1, 0.15) is 9.84 Å². The van der Waals surface area contributed by atoms with Gasteiger partial charge in [0, 0.05) is 31.3 Å². The van der Waals surface area contributed by atoms with Crippen LogP contribution >= 0.6 is 24.0 Å². The molecule has 160 valence electrons. The summed E-state index contributed by atoms with van der Waals surface area (Å²) in [5.41, 5.74) is 1.02. The number of rotatable bonds is 11. The fraction of sp³-hybridized carbons (Fsp3) is 0.650. The highest BCUT2D eigenvalue weighted by Crippen LogP contribution is 2.46. The molecule has 1 aliphatic rings. The standard InChI is InChI=1S/C20H33N3O3S.HI/c1-4-21-19(23-15-20(10-11-20)16-27(3,24)25)22-12-17(2)13-26-14-18-8-6-5-7-9-18;/h5-9,17H,4,10-16H2,1-3H3,(H2,21,22,23);1H. The SMILES string of the molecule is CCNC(=NCC1(CS(C)(=O)=O)CC1)NCC(C)COCc1ccccc1.I. The summed E-state index contributed by atoms with van der Waals surface area (Å²) in [5.74, 6) is 1.31. The van der Waals surface area contributed by atoms with Gasteiger partial charge in [0.2, 0.25) is 0 Å². The van der Waals surface area contributed by atoms with Crippen molar-refractivity contribution < 1.29 is 13.2 Å². The molecule has 2 rings (SSSR count). The molecule has 1 unspecified atom stereocenters. The molecule has 0 amide bonds. The lowest BCUT2D eigenvalue weighted by atomic mass is 10.1. The number of ether oxygens (including phenoxy) is 1. The Morgan fingerprint density at radius 1 is 1.25 bits per heavy atom. The summed E-state index contributed by atoms with van der Waals surface area (Å²) < 4.78 is 28.9. The summed E-state index contributed by atoms with van der Waals surface area (Å²) in [4.78, 5) is 4.62. The minimum Gasteiger partial charge on any atom is -0.376 e. The maximum absolute atomic E-state index is 11.6. The van der Waals surface area contributed by atoms with Crippen molar-refractivity contribution in [3.8, 4) is 0 Å². The number of hydrogen-bond donors (Lipinski definition) is 2. The fourth-order valence-electron chi connectivity index (χ4n) is 2.95. The molecule has 0 radical (unpaired) electrons. The number of halogens is 1. The summed E-state index contributed by atoms with van der Waals surface area (Å²) in [6.45, 7) is 7.51. The molecule has 1 saturated carbocycles. The average molecular weight is 523 g/mol. The van der Waals surface area contributed by atoms with Gasteiger partial charge >= 0.3 is 0 Å². The van der Waals surface area contributed by atoms with E-state index in [-0.39, 0.29) is 35.1 Å². The van der Waals surface area contributed by atoms with Crippen molar-refractivity contribution in [1.29, 1.82) is 0 Å². The van der Waals surface area contributed by atoms with E-state index in [0.717, 1.165) is 31.9 Å². The number of aliphatic imine (C=N–C) groups is 1. The molecule has 6 nitrogen and oxygen atoms in total. The second-order valence-electron chi connectivity index (χ2n) is 7.75. The highest BCUT2D eigenvalue weighted by atomic mass is 127. The Morgan fingerprint density at radius 2 is 1.93 bits per heavy atom. The summed E-state index contributed by atoms with van der Waals surface area (Å²) in [6, 6.07) is 10.1. The molecule has 0 saturated heterocycles. The first-order valence-electron chi connectivity index (χ1n) is 9.63. The van der Waals surface area contributed by atoms with Gasteiger partial charge in [-0.1, -0.05) is 37.3 Å². The van der Waals surface area contributed by atoms with E-state index in [1.165, 1.54) is 11.8 Å². The first kappa shape index (κ1) is 25.2. The second-order valence-corrected chi connectivity index (χ2v) is 9.89. The predicted octanol–water partition coefficient (Wildman–Crippen LogP) is 2.84. The summed E-state index contributed by atoms with van der Waals surface area (Å²) in [6.07, 6.45) is 3.18. The quantitative estimate of drug-likeness (QED) is 0.265. The van der Waals surface area contributed by atoms with Crippen LogP contribution in [-0.2, 0) is 21.2 Å². The second kappa shape index (κ2) is 12.0. The molecule has 28 heavy (non-hydrogen) atoms. The third-order valence-electron chi connectivity index (χ3n) is 4.57. The van der Waals surface area contributed by atoms with Gasteiger partial charge in [0.25, 0.3) is 0 Å². The molecule has 0 spiro atoms. The van der Waals surface area contributed by atoms with E-state index in [0.29, 0.717) is 25.7 Å². The Morgan fingerprint density at radius 3 is 2.50 bits per heavy atom. The third-order valence-corrected chi connectivity index (χ3v) is 5.71. The first-order valence-corrected chi connectivity index (χ1v) is 11.7. The number of benzene rings is 1. The molecule has 1 atom stereocenters. The summed E-state index contributed by atoms with van der Waals surface area (Å²) in [5, 5.41) is 6.57. The van der Waals surface area contributed by atoms with E-state index < -0.39 is 9.84 Å². The van der Waals surface area contributed by atoms with Crippen LogP contribution in [0, 0.1) is 11.3 Å². The zero-order chi connectivity index (χ0) is 19.8. The smallest absolute Gasteiger partial charge is 0.191 e. The zero-order valence-corrected chi connectivity index (χ0v) is 20.3. The van der Waals surface area contributed by atoms with Gasteiger partial charge in [-0.2, -0.15) is 0 Å². The van der Waals surface area contributed by atoms with E-state index in [2.05, 4.69) is 34.7 Å². The van der Waals surface area contributed by atoms with Crippen LogP contribution in [0.15, 0.2) is 35.3 Å². The van der Waals surface area contributed by atoms with Gasteiger partial charge < -0.3 is 15.4 Å². The van der Waals surface area contributed by atoms with Crippen molar-refractivity contribution in [2.45, 2.75) is 33.3 Å². The van der Waals surface area contributed by atoms with Crippen LogP contribution in [0.1, 0.15) is 32.3 Å². The number of sulfone groups is 1. The third kappa shape index (κ3) is 10.1. The number of nitrogens with one attached hydrogen (secondary N) is 2. The Balaban J connectivity index is 0.00000392. The molecule has 0 heterocycles. The normalized spacial score (nSPS) is 16.8. The maximum Gasteiger partial charge on any atom is 0.191 e. The lowest BCUT2D eigenvalue weighted by Crippen LogP contribution is -2.40. The average Bonchev–Trinajstić information content (AvgIpc) is 3.36. The molecule has 0 aliphatic heterocycles. The van der Waals surface area contributed by atoms with Gasteiger partial charge in [-0.05, 0) is 31.2 Å². The molecule has 1 fully saturated rings. The molecular formula is C20H34IN3O3S. The van der Waals surface area contributed by atoms with E-state index in [4.69, 9.17) is 4.74 Å². The number of guanidine groups is 1. The molecule has 1 aromatic carbocycles. The van der Waals surface area contributed by atoms with Gasteiger partial charge in [-0.15, -0.1) is 24.0 Å². The predicted molar refractivity (Wildman–Crippen MR) is 126 cm³/mol. The zero-order valence-electron chi connectivity index (χ0n) is 17.1. The summed E-state index contributed by atoms with van der Waals surface area (Å²) >= 11 is 0. The largest absolute Gasteiger partial charge is 0.376 e. The minimum absolute atomic E-state index is 0. The van der Waals surface area contributed by atoms with Crippen molar-refractivity contribution in [3.05, 3.63) is 35.9 Å². The van der Waals surface area contributed by atoms with Gasteiger partial charge in [0.05, 0.1) is 19.0 Å². The van der Waals surface area contributed by atoms with E-state index in [9.17, 15) is 8.42 Å². The molecule has 0 bridgehead atoms. The van der Waals surface area contributed by atoms with Crippen molar-refractivity contribution in [1.82, 2.24) is 10.6 Å². The molecule has 1 aliphatic carbocycles. The van der Waals surface area contributed by atoms with Crippen LogP contribution in [-0.4, -0.2) is 52.6 Å². The lowest BCUT2D eigenvalue weighted by Gasteiger charge is -2.17. The Bertz CT molecular complexity index is 707. The van der Waals surface area contributed by atoms with Crippen LogP contribution < -0.4 is 10.6 Å². The number of hydrogen-bond acceptors (Lipinski definition) is 4. The Hall–Kier alpha value is -0.870. The molecule has 0 aromatic heterocycles. The Kier molecular flexibility index (Phi) is 10.8. The monoisotopic (exact) mass is 523 g/mol. The van der Waals surface area contributed by atoms with Crippen molar-refractivity contribution in [2.24, 2.45) is 16.3 Å². The molecular weight excluding hydrogens is 489 g/mol. The Labute approximate surface area is 186 Å². The van der Waals surface area contributed by atoms with Crippen LogP contribution in [0.5, 0.6) is 0 Å². The maximum atomic E-state index is 11.6. The lowest BCUT2D eigenvalue weighted by molar-refractivity contribution is 0.0931. The van der Waals surface area contributed by atoms with Crippen LogP contribution in [0.2, 0.25) is 0 Å². The van der Waals surface area contributed by atoms with Gasteiger partial charge in [0.15, 0.2) is 5.96 Å². The van der Waals surface area contributed by atoms with E-state index in [1.807, 2.05) is 25.1 Å². The highest BCUT2D eigenvalue weighted by molar-refractivity contribution is 14.0. The summed E-state index contributed by atoms with van der Waals surface area (Å²) in [7, 11) is -2.97. The fourth-order valence-corrected chi connectivity index (χ4v) is 4.44. The topological polar surface area (TPSA) is 79.8 Å².